The first kappa shape index (κ1) is 22.8. The van der Waals surface area contributed by atoms with Crippen LogP contribution in [0, 0.1) is 0 Å². The second-order valence-corrected chi connectivity index (χ2v) is 7.02. The minimum Gasteiger partial charge on any atom is -0.484 e. The maximum Gasteiger partial charge on any atom is 0.257 e. The van der Waals surface area contributed by atoms with Gasteiger partial charge in [-0.05, 0) is 49.2 Å². The predicted octanol–water partition coefficient (Wildman–Crippen LogP) is 3.76. The van der Waals surface area contributed by atoms with Crippen LogP contribution in [0.15, 0.2) is 47.5 Å². The Kier molecular flexibility index (Phi) is 9.60. The van der Waals surface area contributed by atoms with Crippen LogP contribution in [0.5, 0.6) is 5.75 Å². The summed E-state index contributed by atoms with van der Waals surface area (Å²) in [5.41, 5.74) is 1.91. The topological polar surface area (TPSA) is 74.8 Å². The van der Waals surface area contributed by atoms with Gasteiger partial charge in [-0.15, -0.1) is 0 Å². The van der Waals surface area contributed by atoms with E-state index in [0.717, 1.165) is 17.7 Å². The first-order valence-electron chi connectivity index (χ1n) is 9.46. The molecule has 0 aliphatic heterocycles. The van der Waals surface area contributed by atoms with Crippen molar-refractivity contribution >= 4 is 35.1 Å². The van der Waals surface area contributed by atoms with Crippen LogP contribution in [0.1, 0.15) is 25.0 Å². The van der Waals surface area contributed by atoms with Gasteiger partial charge < -0.3 is 20.7 Å². The molecule has 0 unspecified atom stereocenters. The van der Waals surface area contributed by atoms with Crippen molar-refractivity contribution in [3.63, 3.8) is 0 Å². The molecule has 0 atom stereocenters. The lowest BCUT2D eigenvalue weighted by molar-refractivity contribution is -0.122. The molecule has 2 aromatic carbocycles. The summed E-state index contributed by atoms with van der Waals surface area (Å²) in [7, 11) is 0. The number of carbonyl (C=O) groups excluding carboxylic acids is 1. The molecular formula is C21H26Cl2N4O2. The molecule has 0 saturated carbocycles. The van der Waals surface area contributed by atoms with Gasteiger partial charge in [0.25, 0.3) is 5.91 Å². The zero-order chi connectivity index (χ0) is 21.1. The van der Waals surface area contributed by atoms with Crippen molar-refractivity contribution in [2.45, 2.75) is 26.9 Å². The third-order valence-corrected chi connectivity index (χ3v) is 4.45. The van der Waals surface area contributed by atoms with E-state index in [9.17, 15) is 4.79 Å². The van der Waals surface area contributed by atoms with E-state index in [4.69, 9.17) is 27.9 Å². The van der Waals surface area contributed by atoms with E-state index >= 15 is 0 Å². The van der Waals surface area contributed by atoms with Gasteiger partial charge in [-0.3, -0.25) is 4.79 Å². The molecule has 0 heterocycles. The summed E-state index contributed by atoms with van der Waals surface area (Å²) >= 11 is 12.2. The number of benzene rings is 2. The fourth-order valence-electron chi connectivity index (χ4n) is 2.49. The van der Waals surface area contributed by atoms with E-state index in [-0.39, 0.29) is 12.5 Å². The first-order valence-corrected chi connectivity index (χ1v) is 10.2. The third kappa shape index (κ3) is 8.21. The predicted molar refractivity (Wildman–Crippen MR) is 119 cm³/mol. The van der Waals surface area contributed by atoms with Gasteiger partial charge in [0.05, 0.1) is 6.54 Å². The molecule has 0 saturated heterocycles. The number of hydrogen-bond donors (Lipinski definition) is 3. The summed E-state index contributed by atoms with van der Waals surface area (Å²) < 4.78 is 5.53. The molecule has 29 heavy (non-hydrogen) atoms. The Bertz CT molecular complexity index is 843. The SMILES string of the molecule is CCNC(=O)COc1cccc(CN=C(NCC)NCc2ccc(Cl)cc2Cl)c1. The van der Waals surface area contributed by atoms with E-state index in [1.807, 2.05) is 44.2 Å². The molecule has 0 aliphatic rings. The van der Waals surface area contributed by atoms with Crippen molar-refractivity contribution in [1.29, 1.82) is 0 Å². The summed E-state index contributed by atoms with van der Waals surface area (Å²) in [5.74, 6) is 1.16. The Morgan fingerprint density at radius 2 is 1.83 bits per heavy atom. The lowest BCUT2D eigenvalue weighted by atomic mass is 10.2. The number of halogens is 2. The molecule has 2 rings (SSSR count). The molecule has 156 valence electrons. The zero-order valence-electron chi connectivity index (χ0n) is 16.6. The van der Waals surface area contributed by atoms with Crippen molar-refractivity contribution in [1.82, 2.24) is 16.0 Å². The summed E-state index contributed by atoms with van der Waals surface area (Å²) in [6, 6.07) is 12.9. The van der Waals surface area contributed by atoms with E-state index in [2.05, 4.69) is 20.9 Å². The summed E-state index contributed by atoms with van der Waals surface area (Å²) in [6.07, 6.45) is 0. The second kappa shape index (κ2) is 12.2. The van der Waals surface area contributed by atoms with Gasteiger partial charge in [0, 0.05) is 29.7 Å². The quantitative estimate of drug-likeness (QED) is 0.413. The maximum absolute atomic E-state index is 11.5. The summed E-state index contributed by atoms with van der Waals surface area (Å²) in [5, 5.41) is 10.4. The number of nitrogens with zero attached hydrogens (tertiary/aromatic N) is 1. The molecule has 2 aromatic rings. The molecule has 0 radical (unpaired) electrons. The number of rotatable bonds is 9. The lowest BCUT2D eigenvalue weighted by Crippen LogP contribution is -2.36. The number of guanidine groups is 1. The van der Waals surface area contributed by atoms with Crippen LogP contribution in [0.3, 0.4) is 0 Å². The third-order valence-electron chi connectivity index (χ3n) is 3.87. The number of likely N-dealkylation sites (N-methyl/N-ethyl adjacent to an activating group) is 1. The molecule has 0 spiro atoms. The van der Waals surface area contributed by atoms with Gasteiger partial charge in [0.15, 0.2) is 12.6 Å². The fourth-order valence-corrected chi connectivity index (χ4v) is 2.96. The largest absolute Gasteiger partial charge is 0.484 e. The van der Waals surface area contributed by atoms with Gasteiger partial charge in [0.1, 0.15) is 5.75 Å². The van der Waals surface area contributed by atoms with Crippen LogP contribution < -0.4 is 20.7 Å². The van der Waals surface area contributed by atoms with Gasteiger partial charge in [-0.2, -0.15) is 0 Å². The van der Waals surface area contributed by atoms with E-state index in [1.54, 1.807) is 12.1 Å². The summed E-state index contributed by atoms with van der Waals surface area (Å²) in [4.78, 5) is 16.1. The molecule has 6 nitrogen and oxygen atoms in total. The van der Waals surface area contributed by atoms with Gasteiger partial charge in [0.2, 0.25) is 0 Å². The standard InChI is InChI=1S/C21H26Cl2N4O2/c1-3-24-20(28)14-29-18-7-5-6-15(10-18)12-26-21(25-4-2)27-13-16-8-9-17(22)11-19(16)23/h5-11H,3-4,12-14H2,1-2H3,(H,24,28)(H2,25,26,27). The molecule has 1 amide bonds. The molecular weight excluding hydrogens is 411 g/mol. The Morgan fingerprint density at radius 1 is 1.03 bits per heavy atom. The van der Waals surface area contributed by atoms with Crippen molar-refractivity contribution in [3.8, 4) is 5.75 Å². The van der Waals surface area contributed by atoms with Crippen molar-refractivity contribution < 1.29 is 9.53 Å². The Labute approximate surface area is 181 Å². The Balaban J connectivity index is 1.96. The van der Waals surface area contributed by atoms with Crippen molar-refractivity contribution in [2.75, 3.05) is 19.7 Å². The molecule has 0 aromatic heterocycles. The van der Waals surface area contributed by atoms with E-state index < -0.39 is 0 Å². The number of ether oxygens (including phenoxy) is 1. The van der Waals surface area contributed by atoms with Crippen LogP contribution in [0.2, 0.25) is 10.0 Å². The minimum atomic E-state index is -0.143. The number of amides is 1. The molecule has 0 aliphatic carbocycles. The molecule has 3 N–H and O–H groups in total. The Hall–Kier alpha value is -2.44. The highest BCUT2D eigenvalue weighted by Gasteiger charge is 2.05. The maximum atomic E-state index is 11.5. The lowest BCUT2D eigenvalue weighted by Gasteiger charge is -2.13. The van der Waals surface area contributed by atoms with E-state index in [0.29, 0.717) is 41.4 Å². The number of aliphatic imine (C=N–C) groups is 1. The van der Waals surface area contributed by atoms with Crippen LogP contribution in [0.4, 0.5) is 0 Å². The highest BCUT2D eigenvalue weighted by Crippen LogP contribution is 2.20. The first-order chi connectivity index (χ1) is 14.0. The van der Waals surface area contributed by atoms with Crippen molar-refractivity contribution in [3.05, 3.63) is 63.6 Å². The van der Waals surface area contributed by atoms with Crippen LogP contribution in [0.25, 0.3) is 0 Å². The van der Waals surface area contributed by atoms with Crippen molar-refractivity contribution in [2.24, 2.45) is 4.99 Å². The fraction of sp³-hybridized carbons (Fsp3) is 0.333. The molecule has 0 fully saturated rings. The average molecular weight is 437 g/mol. The summed E-state index contributed by atoms with van der Waals surface area (Å²) in [6.45, 7) is 6.16. The van der Waals surface area contributed by atoms with Gasteiger partial charge >= 0.3 is 0 Å². The second-order valence-electron chi connectivity index (χ2n) is 6.17. The van der Waals surface area contributed by atoms with Crippen LogP contribution in [-0.4, -0.2) is 31.6 Å². The van der Waals surface area contributed by atoms with Crippen LogP contribution in [-0.2, 0) is 17.9 Å². The van der Waals surface area contributed by atoms with Gasteiger partial charge in [-0.1, -0.05) is 41.4 Å². The number of nitrogens with one attached hydrogen (secondary N) is 3. The normalized spacial score (nSPS) is 11.1. The van der Waals surface area contributed by atoms with Gasteiger partial charge in [-0.25, -0.2) is 4.99 Å². The minimum absolute atomic E-state index is 0.00733. The average Bonchev–Trinajstić information content (AvgIpc) is 2.70. The zero-order valence-corrected chi connectivity index (χ0v) is 18.1. The number of hydrogen-bond acceptors (Lipinski definition) is 3. The number of carbonyl (C=O) groups is 1. The van der Waals surface area contributed by atoms with Crippen LogP contribution >= 0.6 is 23.2 Å². The Morgan fingerprint density at radius 3 is 2.55 bits per heavy atom. The molecule has 0 bridgehead atoms. The highest BCUT2D eigenvalue weighted by atomic mass is 35.5. The smallest absolute Gasteiger partial charge is 0.257 e. The molecule has 8 heteroatoms. The highest BCUT2D eigenvalue weighted by molar-refractivity contribution is 6.35. The van der Waals surface area contributed by atoms with E-state index in [1.165, 1.54) is 0 Å². The monoisotopic (exact) mass is 436 g/mol.